The van der Waals surface area contributed by atoms with E-state index in [2.05, 4.69) is 0 Å². The Labute approximate surface area is 192 Å². The first-order valence-corrected chi connectivity index (χ1v) is 10.8. The van der Waals surface area contributed by atoms with Gasteiger partial charge < -0.3 is 4.74 Å². The first kappa shape index (κ1) is 22.0. The number of hydrogen-bond donors (Lipinski definition) is 0. The van der Waals surface area contributed by atoms with Crippen molar-refractivity contribution < 1.29 is 23.1 Å². The molecule has 3 aromatic rings. The summed E-state index contributed by atoms with van der Waals surface area (Å²) in [5.74, 6) is -0.904. The van der Waals surface area contributed by atoms with E-state index in [0.717, 1.165) is 22.7 Å². The van der Waals surface area contributed by atoms with Crippen LogP contribution in [0.4, 0.5) is 13.6 Å². The summed E-state index contributed by atoms with van der Waals surface area (Å²) in [6.45, 7) is -0.0470. The topological polar surface area (TPSA) is 46.6 Å². The van der Waals surface area contributed by atoms with Gasteiger partial charge in [-0.3, -0.25) is 14.5 Å². The predicted octanol–water partition coefficient (Wildman–Crippen LogP) is 6.43. The van der Waals surface area contributed by atoms with E-state index < -0.39 is 17.0 Å². The Morgan fingerprint density at radius 2 is 1.72 bits per heavy atom. The number of hydrogen-bond acceptors (Lipinski definition) is 4. The number of carbonyl (C=O) groups excluding carboxylic acids is 2. The number of amides is 2. The lowest BCUT2D eigenvalue weighted by Gasteiger charge is -2.13. The van der Waals surface area contributed by atoms with Gasteiger partial charge in [0, 0.05) is 16.1 Å². The number of thioether (sulfide) groups is 1. The summed E-state index contributed by atoms with van der Waals surface area (Å²) >= 11 is 6.83. The average Bonchev–Trinajstić information content (AvgIpc) is 3.03. The Hall–Kier alpha value is -3.16. The fraction of sp³-hybridized carbons (Fsp3) is 0.0833. The van der Waals surface area contributed by atoms with Crippen LogP contribution in [-0.2, 0) is 17.9 Å². The number of carbonyl (C=O) groups is 2. The molecule has 8 heteroatoms. The molecule has 32 heavy (non-hydrogen) atoms. The zero-order chi connectivity index (χ0) is 22.7. The lowest BCUT2D eigenvalue weighted by Crippen LogP contribution is -2.27. The van der Waals surface area contributed by atoms with Gasteiger partial charge in [0.25, 0.3) is 11.1 Å². The van der Waals surface area contributed by atoms with Gasteiger partial charge in [-0.25, -0.2) is 8.78 Å². The van der Waals surface area contributed by atoms with Crippen LogP contribution in [-0.4, -0.2) is 16.0 Å². The predicted molar refractivity (Wildman–Crippen MR) is 120 cm³/mol. The molecule has 1 aliphatic rings. The summed E-state index contributed by atoms with van der Waals surface area (Å²) in [4.78, 5) is 26.6. The molecule has 4 nitrogen and oxygen atoms in total. The van der Waals surface area contributed by atoms with Crippen LogP contribution >= 0.6 is 23.4 Å². The Kier molecular flexibility index (Phi) is 6.58. The molecule has 0 N–H and O–H groups in total. The highest BCUT2D eigenvalue weighted by molar-refractivity contribution is 8.18. The molecule has 1 aliphatic heterocycles. The minimum Gasteiger partial charge on any atom is -0.488 e. The van der Waals surface area contributed by atoms with E-state index in [-0.39, 0.29) is 28.9 Å². The van der Waals surface area contributed by atoms with Crippen molar-refractivity contribution in [3.05, 3.63) is 105 Å². The minimum atomic E-state index is -0.500. The highest BCUT2D eigenvalue weighted by Gasteiger charge is 2.35. The smallest absolute Gasteiger partial charge is 0.293 e. The number of imide groups is 1. The Bertz CT molecular complexity index is 1230. The lowest BCUT2D eigenvalue weighted by atomic mass is 10.1. The van der Waals surface area contributed by atoms with Crippen LogP contribution in [0.5, 0.6) is 5.75 Å². The second-order valence-electron chi connectivity index (χ2n) is 6.92. The maximum atomic E-state index is 13.9. The van der Waals surface area contributed by atoms with Crippen molar-refractivity contribution in [2.75, 3.05) is 0 Å². The SMILES string of the molecule is O=C1S/C(=C\c2ccccc2OCc2ccccc2F)C(=O)N1Cc1ccc(F)cc1Cl. The second-order valence-corrected chi connectivity index (χ2v) is 8.32. The van der Waals surface area contributed by atoms with Gasteiger partial charge in [0.2, 0.25) is 0 Å². The lowest BCUT2D eigenvalue weighted by molar-refractivity contribution is -0.123. The van der Waals surface area contributed by atoms with Gasteiger partial charge in [0.05, 0.1) is 11.4 Å². The molecule has 3 aromatic carbocycles. The Balaban J connectivity index is 1.53. The quantitative estimate of drug-likeness (QED) is 0.388. The van der Waals surface area contributed by atoms with Crippen molar-refractivity contribution in [3.8, 4) is 5.75 Å². The van der Waals surface area contributed by atoms with E-state index in [1.165, 1.54) is 18.2 Å². The minimum absolute atomic E-state index is 0.0159. The average molecular weight is 472 g/mol. The summed E-state index contributed by atoms with van der Waals surface area (Å²) in [5.41, 5.74) is 1.44. The first-order chi connectivity index (χ1) is 15.4. The number of para-hydroxylation sites is 1. The molecular weight excluding hydrogens is 456 g/mol. The summed E-state index contributed by atoms with van der Waals surface area (Å²) in [5, 5.41) is -0.314. The fourth-order valence-electron chi connectivity index (χ4n) is 3.10. The van der Waals surface area contributed by atoms with Crippen LogP contribution in [0, 0.1) is 11.6 Å². The first-order valence-electron chi connectivity index (χ1n) is 9.57. The number of benzene rings is 3. The summed E-state index contributed by atoms with van der Waals surface area (Å²) in [6.07, 6.45) is 1.56. The molecule has 1 saturated heterocycles. The third-order valence-electron chi connectivity index (χ3n) is 4.76. The van der Waals surface area contributed by atoms with Crippen molar-refractivity contribution in [1.82, 2.24) is 4.90 Å². The standard InChI is InChI=1S/C24H16ClF2NO3S/c25-19-12-18(26)10-9-16(19)13-28-23(29)22(32-24(28)30)11-15-5-2-4-8-21(15)31-14-17-6-1-3-7-20(17)27/h1-12H,13-14H2/b22-11-. The van der Waals surface area contributed by atoms with Crippen molar-refractivity contribution in [2.45, 2.75) is 13.2 Å². The van der Waals surface area contributed by atoms with E-state index in [9.17, 15) is 18.4 Å². The van der Waals surface area contributed by atoms with Crippen LogP contribution in [0.15, 0.2) is 71.6 Å². The normalized spacial score (nSPS) is 15.0. The molecule has 0 aliphatic carbocycles. The van der Waals surface area contributed by atoms with E-state index in [1.54, 1.807) is 48.5 Å². The van der Waals surface area contributed by atoms with Gasteiger partial charge in [0.1, 0.15) is 24.0 Å². The molecule has 1 fully saturated rings. The zero-order valence-corrected chi connectivity index (χ0v) is 18.1. The van der Waals surface area contributed by atoms with Crippen molar-refractivity contribution in [1.29, 1.82) is 0 Å². The molecule has 0 bridgehead atoms. The van der Waals surface area contributed by atoms with Gasteiger partial charge in [-0.15, -0.1) is 0 Å². The van der Waals surface area contributed by atoms with E-state index in [1.807, 2.05) is 0 Å². The van der Waals surface area contributed by atoms with Gasteiger partial charge >= 0.3 is 0 Å². The monoisotopic (exact) mass is 471 g/mol. The molecule has 2 amide bonds. The molecular formula is C24H16ClF2NO3S. The number of ether oxygens (including phenoxy) is 1. The van der Waals surface area contributed by atoms with Crippen LogP contribution in [0.25, 0.3) is 6.08 Å². The maximum absolute atomic E-state index is 13.9. The molecule has 0 saturated carbocycles. The van der Waals surface area contributed by atoms with Crippen LogP contribution < -0.4 is 4.74 Å². The molecule has 162 valence electrons. The van der Waals surface area contributed by atoms with E-state index in [0.29, 0.717) is 22.4 Å². The van der Waals surface area contributed by atoms with Gasteiger partial charge in [0.15, 0.2) is 0 Å². The van der Waals surface area contributed by atoms with E-state index >= 15 is 0 Å². The molecule has 1 heterocycles. The molecule has 4 rings (SSSR count). The zero-order valence-electron chi connectivity index (χ0n) is 16.6. The molecule has 0 aromatic heterocycles. The third kappa shape index (κ3) is 4.84. The van der Waals surface area contributed by atoms with Gasteiger partial charge in [-0.1, -0.05) is 54.1 Å². The molecule has 0 radical (unpaired) electrons. The third-order valence-corrected chi connectivity index (χ3v) is 6.02. The molecule has 0 spiro atoms. The molecule has 0 atom stereocenters. The number of halogens is 3. The Morgan fingerprint density at radius 3 is 2.50 bits per heavy atom. The van der Waals surface area contributed by atoms with Crippen LogP contribution in [0.2, 0.25) is 5.02 Å². The second kappa shape index (κ2) is 9.54. The molecule has 0 unspecified atom stereocenters. The Morgan fingerprint density at radius 1 is 0.969 bits per heavy atom. The van der Waals surface area contributed by atoms with Crippen molar-refractivity contribution >= 4 is 40.6 Å². The van der Waals surface area contributed by atoms with Gasteiger partial charge in [-0.2, -0.15) is 0 Å². The van der Waals surface area contributed by atoms with E-state index in [4.69, 9.17) is 16.3 Å². The summed E-state index contributed by atoms with van der Waals surface area (Å²) < 4.78 is 32.9. The number of rotatable bonds is 6. The summed E-state index contributed by atoms with van der Waals surface area (Å²) in [6, 6.07) is 17.1. The highest BCUT2D eigenvalue weighted by atomic mass is 35.5. The largest absolute Gasteiger partial charge is 0.488 e. The maximum Gasteiger partial charge on any atom is 0.293 e. The van der Waals surface area contributed by atoms with Crippen LogP contribution in [0.1, 0.15) is 16.7 Å². The van der Waals surface area contributed by atoms with Crippen molar-refractivity contribution in [3.63, 3.8) is 0 Å². The fourth-order valence-corrected chi connectivity index (χ4v) is 4.16. The number of nitrogens with zero attached hydrogens (tertiary/aromatic N) is 1. The highest BCUT2D eigenvalue weighted by Crippen LogP contribution is 2.35. The van der Waals surface area contributed by atoms with Gasteiger partial charge in [-0.05, 0) is 47.7 Å². The van der Waals surface area contributed by atoms with Crippen LogP contribution in [0.3, 0.4) is 0 Å². The summed E-state index contributed by atoms with van der Waals surface area (Å²) in [7, 11) is 0. The van der Waals surface area contributed by atoms with Crippen molar-refractivity contribution in [2.24, 2.45) is 0 Å².